The number of hydrogen-bond acceptors (Lipinski definition) is 4. The number of nitrogens with zero attached hydrogens (tertiary/aromatic N) is 2. The van der Waals surface area contributed by atoms with E-state index < -0.39 is 5.54 Å². The van der Waals surface area contributed by atoms with Gasteiger partial charge in [0, 0.05) is 17.7 Å². The zero-order valence-corrected chi connectivity index (χ0v) is 32.4. The fourth-order valence-electron chi connectivity index (χ4n) is 3.23. The molecule has 0 saturated heterocycles. The molecule has 0 bridgehead atoms. The Morgan fingerprint density at radius 1 is 0.769 bits per heavy atom. The van der Waals surface area contributed by atoms with E-state index in [0.29, 0.717) is 24.9 Å². The summed E-state index contributed by atoms with van der Waals surface area (Å²) in [6.07, 6.45) is 5.01. The van der Waals surface area contributed by atoms with Crippen LogP contribution in [0.1, 0.15) is 124 Å². The van der Waals surface area contributed by atoms with Crippen LogP contribution in [0.2, 0.25) is 0 Å². The Morgan fingerprint density at radius 2 is 1.08 bits per heavy atom. The van der Waals surface area contributed by atoms with Crippen molar-refractivity contribution < 1.29 is 61.0 Å². The summed E-state index contributed by atoms with van der Waals surface area (Å²) in [4.78, 5) is 28.2. The molecule has 0 aromatic heterocycles. The molecule has 5 heteroatoms. The van der Waals surface area contributed by atoms with Gasteiger partial charge in [0.15, 0.2) is 5.78 Å². The molecule has 0 rings (SSSR count). The van der Waals surface area contributed by atoms with Gasteiger partial charge in [-0.15, -0.1) is 13.2 Å². The molecule has 0 aromatic carbocycles. The molecule has 0 aliphatic rings. The maximum absolute atomic E-state index is 12.6. The van der Waals surface area contributed by atoms with E-state index in [1.54, 1.807) is 0 Å². The predicted molar refractivity (Wildman–Crippen MR) is 177 cm³/mol. The van der Waals surface area contributed by atoms with Crippen molar-refractivity contribution in [2.24, 2.45) is 11.8 Å². The van der Waals surface area contributed by atoms with Crippen molar-refractivity contribution in [3.05, 3.63) is 44.5 Å². The summed E-state index contributed by atoms with van der Waals surface area (Å²) in [7, 11) is 3.97. The molecule has 0 amide bonds. The fraction of sp³-hybridized carbons (Fsp3) is 0.735. The maximum atomic E-state index is 12.6. The van der Waals surface area contributed by atoms with E-state index in [1.165, 1.54) is 0 Å². The first kappa shape index (κ1) is 58.6. The molecule has 0 aliphatic carbocycles. The monoisotopic (exact) mass is 580 g/mol. The third-order valence-corrected chi connectivity index (χ3v) is 5.58. The zero-order valence-electron chi connectivity index (χ0n) is 29.3. The van der Waals surface area contributed by atoms with Gasteiger partial charge in [0.25, 0.3) is 0 Å². The molecule has 0 unspecified atom stereocenters. The topological polar surface area (TPSA) is 40.6 Å². The molecule has 0 spiro atoms. The van der Waals surface area contributed by atoms with Crippen molar-refractivity contribution in [1.29, 1.82) is 0 Å². The first-order valence-electron chi connectivity index (χ1n) is 14.2. The van der Waals surface area contributed by atoms with Crippen LogP contribution < -0.4 is 51.4 Å². The molecule has 0 atom stereocenters. The standard InChI is InChI=1S/C15H27NO.C10H20NO.3C2H6.C2H3.CH4.K/c1-8-10-15(11-9-2,14(17)12(3)4)16(7)13(5)6;1-7(2)10(12)9(5)11(6)8(3)4;4*1-2;;/h8-9,12-13H,1-2,10-11H2,3-7H3;7-8H,1-6H3;3*1-2H3;1H,2H2;1H4;/q;-1;;;;-1;;+1. The third kappa shape index (κ3) is 25.4. The number of rotatable bonds is 12. The van der Waals surface area contributed by atoms with E-state index in [9.17, 15) is 9.59 Å². The van der Waals surface area contributed by atoms with Crippen molar-refractivity contribution >= 4 is 11.6 Å². The number of likely N-dealkylation sites (N-methyl/N-ethyl adjacent to an activating group) is 2. The van der Waals surface area contributed by atoms with Crippen molar-refractivity contribution in [3.63, 3.8) is 0 Å². The van der Waals surface area contributed by atoms with Gasteiger partial charge in [-0.3, -0.25) is 22.3 Å². The number of Topliss-reactive ketones (excluding diaryl/α,β-unsaturated/α-hetero) is 2. The summed E-state index contributed by atoms with van der Waals surface area (Å²) in [6, 6.07) is 1.57. The maximum Gasteiger partial charge on any atom is 1.00 e. The summed E-state index contributed by atoms with van der Waals surface area (Å²) >= 11 is 0. The van der Waals surface area contributed by atoms with Gasteiger partial charge in [0.05, 0.1) is 5.54 Å². The van der Waals surface area contributed by atoms with Crippen molar-refractivity contribution in [2.45, 2.75) is 142 Å². The minimum absolute atomic E-state index is 0. The van der Waals surface area contributed by atoms with Gasteiger partial charge in [-0.25, -0.2) is 0 Å². The summed E-state index contributed by atoms with van der Waals surface area (Å²) in [5.74, 6) is 0.641. The van der Waals surface area contributed by atoms with Crippen LogP contribution in [-0.4, -0.2) is 53.1 Å². The molecule has 0 radical (unpaired) electrons. The van der Waals surface area contributed by atoms with E-state index in [1.807, 2.05) is 107 Å². The molecule has 232 valence electrons. The molecule has 0 heterocycles. The van der Waals surface area contributed by atoms with Crippen LogP contribution in [0.5, 0.6) is 0 Å². The van der Waals surface area contributed by atoms with Gasteiger partial charge in [-0.1, -0.05) is 103 Å². The minimum atomic E-state index is -0.480. The Kier molecular flexibility index (Phi) is 57.1. The normalized spacial score (nSPS) is 9.41. The molecular weight excluding hydrogens is 507 g/mol. The first-order chi connectivity index (χ1) is 17.2. The second-order valence-corrected chi connectivity index (χ2v) is 9.05. The molecule has 0 fully saturated rings. The van der Waals surface area contributed by atoms with Gasteiger partial charge in [-0.2, -0.15) is 6.92 Å². The van der Waals surface area contributed by atoms with Crippen LogP contribution in [0.15, 0.2) is 31.9 Å². The first-order valence-corrected chi connectivity index (χ1v) is 14.2. The quantitative estimate of drug-likeness (QED) is 0.144. The predicted octanol–water partition coefficient (Wildman–Crippen LogP) is 6.87. The Morgan fingerprint density at radius 3 is 1.26 bits per heavy atom. The van der Waals surface area contributed by atoms with Crippen LogP contribution in [0, 0.1) is 24.5 Å². The van der Waals surface area contributed by atoms with Gasteiger partial charge in [-0.05, 0) is 52.7 Å². The number of hydrogen-bond donors (Lipinski definition) is 0. The van der Waals surface area contributed by atoms with Gasteiger partial charge >= 0.3 is 51.4 Å². The average molecular weight is 580 g/mol. The summed E-state index contributed by atoms with van der Waals surface area (Å²) in [6.45, 7) is 44.6. The van der Waals surface area contributed by atoms with E-state index in [-0.39, 0.29) is 82.2 Å². The van der Waals surface area contributed by atoms with Crippen molar-refractivity contribution in [3.8, 4) is 0 Å². The zero-order chi connectivity index (χ0) is 31.5. The molecule has 4 nitrogen and oxygen atoms in total. The summed E-state index contributed by atoms with van der Waals surface area (Å²) in [5, 5.41) is 0. The molecular formula is C34H72KN2O2-. The second kappa shape index (κ2) is 38.0. The van der Waals surface area contributed by atoms with Gasteiger partial charge < -0.3 is 16.3 Å². The van der Waals surface area contributed by atoms with Gasteiger partial charge in [0.1, 0.15) is 0 Å². The molecule has 0 aliphatic heterocycles. The molecule has 0 N–H and O–H groups in total. The van der Waals surface area contributed by atoms with Crippen LogP contribution >= 0.6 is 0 Å². The number of carbonyl (C=O) groups is 2. The van der Waals surface area contributed by atoms with E-state index >= 15 is 0 Å². The average Bonchev–Trinajstić information content (AvgIpc) is 2.90. The third-order valence-electron chi connectivity index (χ3n) is 5.58. The van der Waals surface area contributed by atoms with Crippen LogP contribution in [0.4, 0.5) is 0 Å². The fourth-order valence-corrected chi connectivity index (χ4v) is 3.23. The Balaban J connectivity index is -0.0000000642. The molecule has 0 saturated carbocycles. The SMILES string of the molecule is C.C=CCC(CC=C)(C(=O)C(C)C)N(C)C(C)C.CC.CC.CC.C[C-](C(=O)C(C)C)N(C)C(C)C.[CH-]=C.[K+]. The Hall–Kier alpha value is -0.0136. The largest absolute Gasteiger partial charge is 1.00 e. The van der Waals surface area contributed by atoms with Crippen LogP contribution in [0.3, 0.4) is 0 Å². The second-order valence-electron chi connectivity index (χ2n) is 9.05. The Bertz CT molecular complexity index is 533. The van der Waals surface area contributed by atoms with Crippen LogP contribution in [-0.2, 0) is 9.59 Å². The van der Waals surface area contributed by atoms with Crippen LogP contribution in [0.25, 0.3) is 0 Å². The molecule has 0 aromatic rings. The minimum Gasteiger partial charge on any atom is -0.521 e. The van der Waals surface area contributed by atoms with E-state index in [2.05, 4.69) is 58.9 Å². The number of carbonyl (C=O) groups excluding carboxylic acids is 2. The smallest absolute Gasteiger partial charge is 0.521 e. The summed E-state index contributed by atoms with van der Waals surface area (Å²) < 4.78 is 0. The summed E-state index contributed by atoms with van der Waals surface area (Å²) in [5.41, 5.74) is -0.480. The van der Waals surface area contributed by atoms with Crippen molar-refractivity contribution in [1.82, 2.24) is 9.80 Å². The van der Waals surface area contributed by atoms with E-state index in [0.717, 1.165) is 6.04 Å². The van der Waals surface area contributed by atoms with Crippen molar-refractivity contribution in [2.75, 3.05) is 14.1 Å². The van der Waals surface area contributed by atoms with E-state index in [4.69, 9.17) is 0 Å². The molecule has 39 heavy (non-hydrogen) atoms. The van der Waals surface area contributed by atoms with Gasteiger partial charge in [0.2, 0.25) is 0 Å². The Labute approximate surface area is 292 Å². The number of ketones is 2.